The molecule has 0 spiro atoms. The summed E-state index contributed by atoms with van der Waals surface area (Å²) < 4.78 is 32.8. The SMILES string of the molecule is CCNC(=O)c1cc(S(=O)(=O)NCCSCc2ccc(C)cc2)ccc1OC. The summed E-state index contributed by atoms with van der Waals surface area (Å²) in [7, 11) is -2.27. The van der Waals surface area contributed by atoms with Crippen molar-refractivity contribution >= 4 is 27.7 Å². The van der Waals surface area contributed by atoms with Gasteiger partial charge in [0.15, 0.2) is 0 Å². The number of hydrogen-bond acceptors (Lipinski definition) is 5. The Balaban J connectivity index is 1.95. The second-order valence-electron chi connectivity index (χ2n) is 6.16. The number of amides is 1. The summed E-state index contributed by atoms with van der Waals surface area (Å²) >= 11 is 1.66. The third-order valence-electron chi connectivity index (χ3n) is 3.99. The number of hydrogen-bond donors (Lipinski definition) is 2. The minimum Gasteiger partial charge on any atom is -0.496 e. The van der Waals surface area contributed by atoms with Gasteiger partial charge in [-0.25, -0.2) is 13.1 Å². The summed E-state index contributed by atoms with van der Waals surface area (Å²) in [4.78, 5) is 12.2. The van der Waals surface area contributed by atoms with Gasteiger partial charge in [0, 0.05) is 24.6 Å². The van der Waals surface area contributed by atoms with Gasteiger partial charge in [0.2, 0.25) is 10.0 Å². The zero-order valence-corrected chi connectivity index (χ0v) is 18.0. The van der Waals surface area contributed by atoms with Crippen LogP contribution in [-0.4, -0.2) is 40.3 Å². The van der Waals surface area contributed by atoms with Gasteiger partial charge in [0.1, 0.15) is 5.75 Å². The molecule has 2 rings (SSSR count). The van der Waals surface area contributed by atoms with Crippen LogP contribution >= 0.6 is 11.8 Å². The highest BCUT2D eigenvalue weighted by molar-refractivity contribution is 7.98. The molecule has 0 aromatic heterocycles. The number of nitrogens with one attached hydrogen (secondary N) is 2. The number of carbonyl (C=O) groups is 1. The lowest BCUT2D eigenvalue weighted by molar-refractivity contribution is 0.0952. The molecule has 0 fully saturated rings. The first kappa shape index (κ1) is 22.3. The molecule has 0 bridgehead atoms. The monoisotopic (exact) mass is 422 g/mol. The molecule has 0 radical (unpaired) electrons. The lowest BCUT2D eigenvalue weighted by Gasteiger charge is -2.12. The van der Waals surface area contributed by atoms with E-state index >= 15 is 0 Å². The van der Waals surface area contributed by atoms with Crippen LogP contribution in [0.5, 0.6) is 5.75 Å². The molecule has 0 aliphatic rings. The fourth-order valence-electron chi connectivity index (χ4n) is 2.49. The van der Waals surface area contributed by atoms with E-state index in [1.165, 1.54) is 36.4 Å². The molecule has 0 aliphatic heterocycles. The van der Waals surface area contributed by atoms with Crippen molar-refractivity contribution in [2.75, 3.05) is 26.0 Å². The van der Waals surface area contributed by atoms with Crippen LogP contribution in [0.25, 0.3) is 0 Å². The molecule has 0 atom stereocenters. The fraction of sp³-hybridized carbons (Fsp3) is 0.350. The zero-order valence-electron chi connectivity index (χ0n) is 16.3. The number of aryl methyl sites for hydroxylation is 1. The quantitative estimate of drug-likeness (QED) is 0.575. The van der Waals surface area contributed by atoms with Gasteiger partial charge in [0.05, 0.1) is 17.6 Å². The van der Waals surface area contributed by atoms with Crippen LogP contribution in [0, 0.1) is 6.92 Å². The minimum absolute atomic E-state index is 0.0399. The molecule has 0 saturated heterocycles. The van der Waals surface area contributed by atoms with Crippen molar-refractivity contribution < 1.29 is 17.9 Å². The van der Waals surface area contributed by atoms with E-state index in [-0.39, 0.29) is 16.4 Å². The fourth-order valence-corrected chi connectivity index (χ4v) is 4.50. The predicted octanol–water partition coefficient (Wildman–Crippen LogP) is 2.97. The Bertz CT molecular complexity index is 897. The normalized spacial score (nSPS) is 11.2. The average molecular weight is 423 g/mol. The van der Waals surface area contributed by atoms with E-state index in [1.54, 1.807) is 18.7 Å². The van der Waals surface area contributed by atoms with Crippen LogP contribution in [0.4, 0.5) is 0 Å². The van der Waals surface area contributed by atoms with Gasteiger partial charge in [-0.2, -0.15) is 11.8 Å². The standard InChI is InChI=1S/C20H26N2O4S2/c1-4-21-20(23)18-13-17(9-10-19(18)26-3)28(24,25)22-11-12-27-14-16-7-5-15(2)6-8-16/h5-10,13,22H,4,11-12,14H2,1-3H3,(H,21,23). The topological polar surface area (TPSA) is 84.5 Å². The maximum Gasteiger partial charge on any atom is 0.255 e. The number of methoxy groups -OCH3 is 1. The summed E-state index contributed by atoms with van der Waals surface area (Å²) in [6, 6.07) is 12.5. The van der Waals surface area contributed by atoms with E-state index in [2.05, 4.69) is 34.3 Å². The van der Waals surface area contributed by atoms with Crippen LogP contribution < -0.4 is 14.8 Å². The van der Waals surface area contributed by atoms with Gasteiger partial charge in [0.25, 0.3) is 5.91 Å². The average Bonchev–Trinajstić information content (AvgIpc) is 2.68. The van der Waals surface area contributed by atoms with Crippen LogP contribution in [0.3, 0.4) is 0 Å². The summed E-state index contributed by atoms with van der Waals surface area (Å²) in [5, 5.41) is 2.66. The van der Waals surface area contributed by atoms with Crippen molar-refractivity contribution in [1.82, 2.24) is 10.0 Å². The summed E-state index contributed by atoms with van der Waals surface area (Å²) in [6.45, 7) is 4.58. The van der Waals surface area contributed by atoms with Gasteiger partial charge in [-0.05, 0) is 37.6 Å². The molecule has 2 N–H and O–H groups in total. The molecule has 152 valence electrons. The molecule has 0 aliphatic carbocycles. The number of carbonyl (C=O) groups excluding carboxylic acids is 1. The summed E-state index contributed by atoms with van der Waals surface area (Å²) in [5.74, 6) is 1.43. The molecule has 2 aromatic carbocycles. The first-order chi connectivity index (χ1) is 13.4. The first-order valence-corrected chi connectivity index (χ1v) is 11.6. The Hall–Kier alpha value is -2.03. The largest absolute Gasteiger partial charge is 0.496 e. The van der Waals surface area contributed by atoms with E-state index in [4.69, 9.17) is 4.74 Å². The van der Waals surface area contributed by atoms with E-state index in [1.807, 2.05) is 6.92 Å². The maximum absolute atomic E-state index is 12.5. The predicted molar refractivity (Wildman–Crippen MR) is 114 cm³/mol. The van der Waals surface area contributed by atoms with Crippen LogP contribution in [0.15, 0.2) is 47.4 Å². The van der Waals surface area contributed by atoms with Crippen molar-refractivity contribution in [3.05, 3.63) is 59.2 Å². The van der Waals surface area contributed by atoms with E-state index < -0.39 is 10.0 Å². The number of benzene rings is 2. The third kappa shape index (κ3) is 6.25. The van der Waals surface area contributed by atoms with Crippen molar-refractivity contribution in [2.24, 2.45) is 0 Å². The van der Waals surface area contributed by atoms with Gasteiger partial charge in [-0.15, -0.1) is 0 Å². The molecular formula is C20H26N2O4S2. The van der Waals surface area contributed by atoms with Gasteiger partial charge >= 0.3 is 0 Å². The Morgan fingerprint density at radius 2 is 1.86 bits per heavy atom. The second-order valence-corrected chi connectivity index (χ2v) is 9.03. The van der Waals surface area contributed by atoms with Crippen molar-refractivity contribution in [3.63, 3.8) is 0 Å². The summed E-state index contributed by atoms with van der Waals surface area (Å²) in [5.41, 5.74) is 2.62. The molecule has 0 unspecified atom stereocenters. The molecule has 6 nitrogen and oxygen atoms in total. The highest BCUT2D eigenvalue weighted by atomic mass is 32.2. The summed E-state index contributed by atoms with van der Waals surface area (Å²) in [6.07, 6.45) is 0. The van der Waals surface area contributed by atoms with Crippen LogP contribution in [0.2, 0.25) is 0 Å². The lowest BCUT2D eigenvalue weighted by atomic mass is 10.2. The molecule has 8 heteroatoms. The smallest absolute Gasteiger partial charge is 0.255 e. The Labute approximate surface area is 171 Å². The number of rotatable bonds is 10. The van der Waals surface area contributed by atoms with Crippen molar-refractivity contribution in [2.45, 2.75) is 24.5 Å². The van der Waals surface area contributed by atoms with E-state index in [0.717, 1.165) is 5.75 Å². The molecule has 0 saturated carbocycles. The number of thioether (sulfide) groups is 1. The van der Waals surface area contributed by atoms with Crippen molar-refractivity contribution in [1.29, 1.82) is 0 Å². The minimum atomic E-state index is -3.71. The zero-order chi connectivity index (χ0) is 20.6. The van der Waals surface area contributed by atoms with E-state index in [9.17, 15) is 13.2 Å². The molecule has 1 amide bonds. The highest BCUT2D eigenvalue weighted by Gasteiger charge is 2.19. The molecule has 2 aromatic rings. The number of ether oxygens (including phenoxy) is 1. The number of sulfonamides is 1. The van der Waals surface area contributed by atoms with Crippen LogP contribution in [0.1, 0.15) is 28.4 Å². The second kappa shape index (κ2) is 10.5. The van der Waals surface area contributed by atoms with Gasteiger partial charge in [-0.3, -0.25) is 4.79 Å². The van der Waals surface area contributed by atoms with E-state index in [0.29, 0.717) is 24.6 Å². The van der Waals surface area contributed by atoms with Gasteiger partial charge in [-0.1, -0.05) is 29.8 Å². The first-order valence-electron chi connectivity index (χ1n) is 8.96. The Morgan fingerprint density at radius 1 is 1.14 bits per heavy atom. The molecule has 0 heterocycles. The molecular weight excluding hydrogens is 396 g/mol. The Kier molecular flexibility index (Phi) is 8.35. The maximum atomic E-state index is 12.5. The Morgan fingerprint density at radius 3 is 2.50 bits per heavy atom. The third-order valence-corrected chi connectivity index (χ3v) is 6.48. The van der Waals surface area contributed by atoms with Crippen LogP contribution in [-0.2, 0) is 15.8 Å². The van der Waals surface area contributed by atoms with Crippen molar-refractivity contribution in [3.8, 4) is 5.75 Å². The van der Waals surface area contributed by atoms with Gasteiger partial charge < -0.3 is 10.1 Å². The molecule has 28 heavy (non-hydrogen) atoms. The highest BCUT2D eigenvalue weighted by Crippen LogP contribution is 2.22. The lowest BCUT2D eigenvalue weighted by Crippen LogP contribution is -2.27.